The molecule has 1 fully saturated rings. The van der Waals surface area contributed by atoms with Gasteiger partial charge in [-0.05, 0) is 38.3 Å². The molecule has 0 aromatic heterocycles. The number of hydrogen-bond acceptors (Lipinski definition) is 4. The van der Waals surface area contributed by atoms with E-state index >= 15 is 0 Å². The van der Waals surface area contributed by atoms with E-state index in [9.17, 15) is 0 Å². The highest BCUT2D eigenvalue weighted by Gasteiger charge is 2.11. The predicted octanol–water partition coefficient (Wildman–Crippen LogP) is 2.30. The van der Waals surface area contributed by atoms with Crippen LogP contribution in [0.2, 0.25) is 0 Å². The van der Waals surface area contributed by atoms with Gasteiger partial charge in [0.25, 0.3) is 0 Å². The van der Waals surface area contributed by atoms with Gasteiger partial charge in [0.1, 0.15) is 6.61 Å². The maximum absolute atomic E-state index is 5.62. The van der Waals surface area contributed by atoms with Crippen molar-refractivity contribution in [2.24, 2.45) is 5.92 Å². The molecule has 0 aliphatic carbocycles. The summed E-state index contributed by atoms with van der Waals surface area (Å²) in [6.45, 7) is 13.5. The minimum atomic E-state index is 0.603. The molecule has 0 aromatic rings. The first-order chi connectivity index (χ1) is 9.18. The molecule has 0 saturated carbocycles. The van der Waals surface area contributed by atoms with E-state index in [1.54, 1.807) is 6.26 Å². The van der Waals surface area contributed by atoms with E-state index in [-0.39, 0.29) is 0 Å². The molecule has 1 unspecified atom stereocenters. The fraction of sp³-hybridized carbons (Fsp3) is 0.867. The summed E-state index contributed by atoms with van der Waals surface area (Å²) in [6, 6.07) is 0. The molecule has 4 nitrogen and oxygen atoms in total. The summed E-state index contributed by atoms with van der Waals surface area (Å²) in [4.78, 5) is 2.47. The average molecular weight is 271 g/mol. The summed E-state index contributed by atoms with van der Waals surface area (Å²) in [5.41, 5.74) is 1.18. The van der Waals surface area contributed by atoms with Crippen molar-refractivity contribution in [3.05, 3.63) is 11.8 Å². The van der Waals surface area contributed by atoms with Crippen molar-refractivity contribution < 1.29 is 14.2 Å². The van der Waals surface area contributed by atoms with Crippen molar-refractivity contribution >= 4 is 0 Å². The zero-order valence-corrected chi connectivity index (χ0v) is 12.7. The van der Waals surface area contributed by atoms with Gasteiger partial charge in [-0.15, -0.1) is 0 Å². The summed E-state index contributed by atoms with van der Waals surface area (Å²) in [6.07, 6.45) is 2.97. The highest BCUT2D eigenvalue weighted by atomic mass is 16.5. The second-order valence-electron chi connectivity index (χ2n) is 5.49. The first kappa shape index (κ1) is 16.5. The third-order valence-corrected chi connectivity index (χ3v) is 3.11. The molecule has 0 aromatic carbocycles. The minimum absolute atomic E-state index is 0.603. The van der Waals surface area contributed by atoms with Gasteiger partial charge in [0.05, 0.1) is 26.1 Å². The molecule has 1 saturated heterocycles. The normalized spacial score (nSPS) is 18.1. The van der Waals surface area contributed by atoms with Crippen LogP contribution in [-0.4, -0.2) is 57.6 Å². The van der Waals surface area contributed by atoms with Crippen LogP contribution in [-0.2, 0) is 14.2 Å². The van der Waals surface area contributed by atoms with Crippen LogP contribution in [0.15, 0.2) is 11.8 Å². The van der Waals surface area contributed by atoms with Gasteiger partial charge in [-0.2, -0.15) is 0 Å². The zero-order valence-electron chi connectivity index (χ0n) is 12.7. The summed E-state index contributed by atoms with van der Waals surface area (Å²) in [7, 11) is 0. The Bertz CT molecular complexity index is 246. The fourth-order valence-electron chi connectivity index (χ4n) is 1.93. The minimum Gasteiger partial charge on any atom is -0.499 e. The Hall–Kier alpha value is -0.580. The third-order valence-electron chi connectivity index (χ3n) is 3.11. The van der Waals surface area contributed by atoms with Crippen LogP contribution in [0, 0.1) is 5.92 Å². The lowest BCUT2D eigenvalue weighted by Gasteiger charge is -2.27. The predicted molar refractivity (Wildman–Crippen MR) is 77.2 cm³/mol. The Balaban J connectivity index is 1.92. The van der Waals surface area contributed by atoms with E-state index < -0.39 is 0 Å². The maximum atomic E-state index is 5.62. The summed E-state index contributed by atoms with van der Waals surface area (Å²) in [5.74, 6) is 0.603. The van der Waals surface area contributed by atoms with Crippen LogP contribution in [0.3, 0.4) is 0 Å². The molecule has 0 radical (unpaired) electrons. The topological polar surface area (TPSA) is 30.9 Å². The van der Waals surface area contributed by atoms with Crippen LogP contribution in [0.25, 0.3) is 0 Å². The van der Waals surface area contributed by atoms with Gasteiger partial charge in [-0.25, -0.2) is 0 Å². The molecular formula is C15H29NO3. The van der Waals surface area contributed by atoms with E-state index in [1.807, 2.05) is 13.8 Å². The molecule has 19 heavy (non-hydrogen) atoms. The fourth-order valence-corrected chi connectivity index (χ4v) is 1.93. The molecule has 112 valence electrons. The van der Waals surface area contributed by atoms with E-state index in [4.69, 9.17) is 14.2 Å². The van der Waals surface area contributed by atoms with Gasteiger partial charge < -0.3 is 14.2 Å². The van der Waals surface area contributed by atoms with Crippen LogP contribution in [0.1, 0.15) is 27.2 Å². The van der Waals surface area contributed by atoms with Gasteiger partial charge in [-0.3, -0.25) is 4.90 Å². The van der Waals surface area contributed by atoms with E-state index in [0.29, 0.717) is 19.1 Å². The Labute approximate surface area is 117 Å². The molecule has 4 heteroatoms. The summed E-state index contributed by atoms with van der Waals surface area (Å²) >= 11 is 0. The molecule has 1 aliphatic heterocycles. The molecule has 1 rings (SSSR count). The lowest BCUT2D eigenvalue weighted by Crippen LogP contribution is -2.37. The van der Waals surface area contributed by atoms with E-state index in [0.717, 1.165) is 39.5 Å². The Morgan fingerprint density at radius 3 is 2.68 bits per heavy atom. The van der Waals surface area contributed by atoms with E-state index in [1.165, 1.54) is 12.0 Å². The largest absolute Gasteiger partial charge is 0.499 e. The summed E-state index contributed by atoms with van der Waals surface area (Å²) in [5, 5.41) is 0. The number of nitrogens with zero attached hydrogens (tertiary/aromatic N) is 1. The van der Waals surface area contributed by atoms with Gasteiger partial charge >= 0.3 is 0 Å². The first-order valence-corrected chi connectivity index (χ1v) is 7.31. The number of hydrogen-bond donors (Lipinski definition) is 0. The summed E-state index contributed by atoms with van der Waals surface area (Å²) < 4.78 is 16.3. The molecule has 1 aliphatic rings. The molecular weight excluding hydrogens is 242 g/mol. The second kappa shape index (κ2) is 10.2. The molecule has 0 N–H and O–H groups in total. The molecule has 0 spiro atoms. The second-order valence-corrected chi connectivity index (χ2v) is 5.49. The van der Waals surface area contributed by atoms with Crippen molar-refractivity contribution in [2.45, 2.75) is 27.2 Å². The van der Waals surface area contributed by atoms with Crippen LogP contribution in [0.5, 0.6) is 0 Å². The number of ether oxygens (including phenoxy) is 3. The van der Waals surface area contributed by atoms with Crippen LogP contribution >= 0.6 is 0 Å². The molecule has 1 heterocycles. The average Bonchev–Trinajstić information content (AvgIpc) is 2.41. The molecule has 1 atom stereocenters. The Morgan fingerprint density at radius 2 is 2.00 bits per heavy atom. The van der Waals surface area contributed by atoms with Crippen LogP contribution in [0.4, 0.5) is 0 Å². The standard InChI is InChI=1S/C15H29NO3/c1-14(2)12-18-10-11-19-13-15(3)4-5-16-6-8-17-9-7-16/h12,15H,4-11,13H2,1-3H3. The highest BCUT2D eigenvalue weighted by molar-refractivity contribution is 4.86. The third kappa shape index (κ3) is 9.03. The quantitative estimate of drug-likeness (QED) is 0.475. The van der Waals surface area contributed by atoms with Crippen molar-refractivity contribution in [3.8, 4) is 0 Å². The first-order valence-electron chi connectivity index (χ1n) is 7.31. The lowest BCUT2D eigenvalue weighted by atomic mass is 10.1. The monoisotopic (exact) mass is 271 g/mol. The van der Waals surface area contributed by atoms with Gasteiger partial charge in [-0.1, -0.05) is 6.92 Å². The SMILES string of the molecule is CC(C)=COCCOCC(C)CCN1CCOCC1. The van der Waals surface area contributed by atoms with Gasteiger partial charge in [0.15, 0.2) is 0 Å². The lowest BCUT2D eigenvalue weighted by molar-refractivity contribution is 0.0293. The highest BCUT2D eigenvalue weighted by Crippen LogP contribution is 2.06. The maximum Gasteiger partial charge on any atom is 0.111 e. The smallest absolute Gasteiger partial charge is 0.111 e. The van der Waals surface area contributed by atoms with Crippen LogP contribution < -0.4 is 0 Å². The number of rotatable bonds is 9. The Morgan fingerprint density at radius 1 is 1.26 bits per heavy atom. The Kier molecular flexibility index (Phi) is 8.88. The van der Waals surface area contributed by atoms with Crippen molar-refractivity contribution in [2.75, 3.05) is 52.7 Å². The van der Waals surface area contributed by atoms with Gasteiger partial charge in [0, 0.05) is 19.7 Å². The zero-order chi connectivity index (χ0) is 13.9. The number of allylic oxidation sites excluding steroid dienone is 1. The van der Waals surface area contributed by atoms with Crippen molar-refractivity contribution in [1.29, 1.82) is 0 Å². The van der Waals surface area contributed by atoms with Crippen molar-refractivity contribution in [1.82, 2.24) is 4.90 Å². The van der Waals surface area contributed by atoms with Crippen molar-refractivity contribution in [3.63, 3.8) is 0 Å². The molecule has 0 amide bonds. The van der Waals surface area contributed by atoms with Gasteiger partial charge in [0.2, 0.25) is 0 Å². The van der Waals surface area contributed by atoms with E-state index in [2.05, 4.69) is 11.8 Å². The molecule has 0 bridgehead atoms. The number of morpholine rings is 1.